The van der Waals surface area contributed by atoms with Crippen LogP contribution in [0.2, 0.25) is 0 Å². The number of carbonyl (C=O) groups excluding carboxylic acids is 1. The number of rotatable bonds is 5. The molecule has 0 unspecified atom stereocenters. The van der Waals surface area contributed by atoms with Crippen molar-refractivity contribution in [2.75, 3.05) is 16.0 Å². The third kappa shape index (κ3) is 4.12. The second-order valence-electron chi connectivity index (χ2n) is 6.68. The lowest BCUT2D eigenvalue weighted by molar-refractivity contribution is -0.136. The SMILES string of the molecule is O=C1Nc2ccccc2/C1=C\Nc1ccc(NCc2cccnc2)c(C(F)(F)F)c1. The van der Waals surface area contributed by atoms with Gasteiger partial charge in [-0.15, -0.1) is 0 Å². The molecule has 0 aliphatic carbocycles. The van der Waals surface area contributed by atoms with Crippen molar-refractivity contribution in [2.45, 2.75) is 12.7 Å². The largest absolute Gasteiger partial charge is 0.418 e. The maximum atomic E-state index is 13.6. The fraction of sp³-hybridized carbons (Fsp3) is 0.0909. The quantitative estimate of drug-likeness (QED) is 0.511. The zero-order valence-electron chi connectivity index (χ0n) is 15.6. The monoisotopic (exact) mass is 410 g/mol. The number of alkyl halides is 3. The molecular formula is C22H17F3N4O. The summed E-state index contributed by atoms with van der Waals surface area (Å²) in [7, 11) is 0. The maximum absolute atomic E-state index is 13.6. The van der Waals surface area contributed by atoms with Crippen LogP contribution in [0.5, 0.6) is 0 Å². The third-order valence-electron chi connectivity index (χ3n) is 4.62. The highest BCUT2D eigenvalue weighted by Crippen LogP contribution is 2.37. The van der Waals surface area contributed by atoms with Gasteiger partial charge in [0.15, 0.2) is 0 Å². The zero-order chi connectivity index (χ0) is 21.1. The number of anilines is 3. The van der Waals surface area contributed by atoms with Gasteiger partial charge >= 0.3 is 6.18 Å². The number of nitrogens with one attached hydrogen (secondary N) is 3. The highest BCUT2D eigenvalue weighted by atomic mass is 19.4. The van der Waals surface area contributed by atoms with E-state index in [1.165, 1.54) is 18.3 Å². The number of nitrogens with zero attached hydrogens (tertiary/aromatic N) is 1. The summed E-state index contributed by atoms with van der Waals surface area (Å²) in [5.74, 6) is -0.311. The van der Waals surface area contributed by atoms with Gasteiger partial charge in [-0.2, -0.15) is 13.2 Å². The normalized spacial score (nSPS) is 14.4. The second kappa shape index (κ2) is 7.90. The fourth-order valence-electron chi connectivity index (χ4n) is 3.16. The fourth-order valence-corrected chi connectivity index (χ4v) is 3.16. The smallest absolute Gasteiger partial charge is 0.380 e. The van der Waals surface area contributed by atoms with Gasteiger partial charge in [0.2, 0.25) is 0 Å². The summed E-state index contributed by atoms with van der Waals surface area (Å²) < 4.78 is 40.8. The van der Waals surface area contributed by atoms with Crippen molar-refractivity contribution >= 4 is 28.5 Å². The van der Waals surface area contributed by atoms with E-state index in [1.54, 1.807) is 48.8 Å². The number of halogens is 3. The number of aromatic nitrogens is 1. The van der Waals surface area contributed by atoms with Gasteiger partial charge in [-0.1, -0.05) is 24.3 Å². The first-order valence-corrected chi connectivity index (χ1v) is 9.13. The molecule has 0 saturated carbocycles. The Labute approximate surface area is 170 Å². The van der Waals surface area contributed by atoms with Crippen LogP contribution in [-0.2, 0) is 17.5 Å². The number of amides is 1. The molecule has 2 aromatic carbocycles. The van der Waals surface area contributed by atoms with Crippen molar-refractivity contribution in [3.05, 3.63) is 89.9 Å². The van der Waals surface area contributed by atoms with Crippen LogP contribution in [0.4, 0.5) is 30.2 Å². The first-order valence-electron chi connectivity index (χ1n) is 9.13. The molecule has 1 aliphatic heterocycles. The first-order chi connectivity index (χ1) is 14.4. The van der Waals surface area contributed by atoms with Crippen molar-refractivity contribution in [1.29, 1.82) is 0 Å². The van der Waals surface area contributed by atoms with Gasteiger partial charge in [-0.25, -0.2) is 0 Å². The number of fused-ring (bicyclic) bond motifs is 1. The molecule has 3 N–H and O–H groups in total. The van der Waals surface area contributed by atoms with Gasteiger partial charge < -0.3 is 16.0 Å². The van der Waals surface area contributed by atoms with Crippen LogP contribution in [0.1, 0.15) is 16.7 Å². The number of para-hydroxylation sites is 1. The van der Waals surface area contributed by atoms with Crippen LogP contribution >= 0.6 is 0 Å². The summed E-state index contributed by atoms with van der Waals surface area (Å²) in [4.78, 5) is 16.1. The van der Waals surface area contributed by atoms with E-state index in [2.05, 4.69) is 20.9 Å². The number of hydrogen-bond acceptors (Lipinski definition) is 4. The van der Waals surface area contributed by atoms with E-state index in [-0.39, 0.29) is 23.8 Å². The predicted molar refractivity (Wildman–Crippen MR) is 110 cm³/mol. The molecule has 0 saturated heterocycles. The molecule has 1 aromatic heterocycles. The van der Waals surface area contributed by atoms with E-state index >= 15 is 0 Å². The molecule has 5 nitrogen and oxygen atoms in total. The topological polar surface area (TPSA) is 66.1 Å². The Morgan fingerprint density at radius 1 is 1.07 bits per heavy atom. The third-order valence-corrected chi connectivity index (χ3v) is 4.62. The van der Waals surface area contributed by atoms with Gasteiger partial charge in [0, 0.05) is 47.8 Å². The summed E-state index contributed by atoms with van der Waals surface area (Å²) in [5.41, 5.74) is 1.88. The molecule has 152 valence electrons. The van der Waals surface area contributed by atoms with E-state index in [0.29, 0.717) is 16.8 Å². The Hall–Kier alpha value is -3.81. The molecule has 8 heteroatoms. The van der Waals surface area contributed by atoms with Crippen LogP contribution < -0.4 is 16.0 Å². The van der Waals surface area contributed by atoms with Gasteiger partial charge in [0.1, 0.15) is 0 Å². The van der Waals surface area contributed by atoms with E-state index in [1.807, 2.05) is 0 Å². The second-order valence-corrected chi connectivity index (χ2v) is 6.68. The standard InChI is InChI=1S/C22H17F3N4O/c23-22(24,25)18-10-15(7-8-20(18)28-12-14-4-3-9-26-11-14)27-13-17-16-5-1-2-6-19(16)29-21(17)30/h1-11,13,27-28H,12H2,(H,29,30)/b17-13+. The number of benzene rings is 2. The Morgan fingerprint density at radius 3 is 2.67 bits per heavy atom. The molecule has 0 radical (unpaired) electrons. The molecule has 1 aliphatic rings. The Balaban J connectivity index is 1.57. The van der Waals surface area contributed by atoms with Gasteiger partial charge in [-0.05, 0) is 35.9 Å². The molecule has 3 aromatic rings. The van der Waals surface area contributed by atoms with E-state index in [4.69, 9.17) is 0 Å². The molecule has 2 heterocycles. The van der Waals surface area contributed by atoms with Crippen molar-refractivity contribution in [3.63, 3.8) is 0 Å². The minimum absolute atomic E-state index is 0.0338. The van der Waals surface area contributed by atoms with E-state index in [9.17, 15) is 18.0 Å². The molecule has 0 bridgehead atoms. The summed E-state index contributed by atoms with van der Waals surface area (Å²) in [6.07, 6.45) is 0.0638. The van der Waals surface area contributed by atoms with Crippen LogP contribution in [0.15, 0.2) is 73.2 Å². The Kier molecular flexibility index (Phi) is 5.14. The summed E-state index contributed by atoms with van der Waals surface area (Å²) in [6.45, 7) is 0.213. The van der Waals surface area contributed by atoms with Crippen LogP contribution in [0.25, 0.3) is 5.57 Å². The summed E-state index contributed by atoms with van der Waals surface area (Å²) in [5, 5.41) is 8.34. The molecule has 30 heavy (non-hydrogen) atoms. The molecule has 0 spiro atoms. The lowest BCUT2D eigenvalue weighted by Crippen LogP contribution is -2.11. The first kappa shape index (κ1) is 19.5. The molecule has 0 atom stereocenters. The number of carbonyl (C=O) groups is 1. The number of pyridine rings is 1. The minimum Gasteiger partial charge on any atom is -0.380 e. The predicted octanol–water partition coefficient (Wildman–Crippen LogP) is 5.12. The van der Waals surface area contributed by atoms with Crippen molar-refractivity contribution in [1.82, 2.24) is 4.98 Å². The number of hydrogen-bond donors (Lipinski definition) is 3. The maximum Gasteiger partial charge on any atom is 0.418 e. The summed E-state index contributed by atoms with van der Waals surface area (Å²) >= 11 is 0. The molecule has 1 amide bonds. The van der Waals surface area contributed by atoms with Crippen molar-refractivity contribution < 1.29 is 18.0 Å². The molecule has 0 fully saturated rings. The van der Waals surface area contributed by atoms with Crippen LogP contribution in [-0.4, -0.2) is 10.9 Å². The van der Waals surface area contributed by atoms with Crippen molar-refractivity contribution in [2.24, 2.45) is 0 Å². The van der Waals surface area contributed by atoms with E-state index < -0.39 is 11.7 Å². The molecular weight excluding hydrogens is 393 g/mol. The van der Waals surface area contributed by atoms with Gasteiger partial charge in [-0.3, -0.25) is 9.78 Å². The lowest BCUT2D eigenvalue weighted by atomic mass is 10.1. The highest BCUT2D eigenvalue weighted by molar-refractivity contribution is 6.31. The van der Waals surface area contributed by atoms with Crippen molar-refractivity contribution in [3.8, 4) is 0 Å². The Morgan fingerprint density at radius 2 is 1.90 bits per heavy atom. The summed E-state index contributed by atoms with van der Waals surface area (Å²) in [6, 6.07) is 14.5. The van der Waals surface area contributed by atoms with Gasteiger partial charge in [0.05, 0.1) is 11.1 Å². The van der Waals surface area contributed by atoms with Crippen LogP contribution in [0, 0.1) is 0 Å². The van der Waals surface area contributed by atoms with E-state index in [0.717, 1.165) is 11.6 Å². The Bertz CT molecular complexity index is 1110. The average molecular weight is 410 g/mol. The molecule has 4 rings (SSSR count). The average Bonchev–Trinajstić information content (AvgIpc) is 3.06. The lowest BCUT2D eigenvalue weighted by Gasteiger charge is -2.16. The minimum atomic E-state index is -4.54. The highest BCUT2D eigenvalue weighted by Gasteiger charge is 2.34. The van der Waals surface area contributed by atoms with Gasteiger partial charge in [0.25, 0.3) is 5.91 Å². The van der Waals surface area contributed by atoms with Crippen LogP contribution in [0.3, 0.4) is 0 Å². The zero-order valence-corrected chi connectivity index (χ0v) is 15.6.